The van der Waals surface area contributed by atoms with Crippen molar-refractivity contribution in [2.75, 3.05) is 62.6 Å². The Morgan fingerprint density at radius 2 is 1.58 bits per heavy atom. The minimum atomic E-state index is -1.27. The Morgan fingerprint density at radius 3 is 2.31 bits per heavy atom. The molecule has 3 aromatic carbocycles. The van der Waals surface area contributed by atoms with Crippen LogP contribution in [0.25, 0.3) is 11.0 Å². The third-order valence-electron chi connectivity index (χ3n) is 15.3. The van der Waals surface area contributed by atoms with Gasteiger partial charge in [-0.15, -0.1) is 0 Å². The summed E-state index contributed by atoms with van der Waals surface area (Å²) in [6, 6.07) is 14.5. The molecular weight excluding hydrogens is 860 g/mol. The quantitative estimate of drug-likeness (QED) is 0.183. The number of likely N-dealkylation sites (tertiary alicyclic amines) is 1. The zero-order chi connectivity index (χ0) is 44.5. The van der Waals surface area contributed by atoms with E-state index in [0.29, 0.717) is 35.5 Å². The molecule has 338 valence electrons. The van der Waals surface area contributed by atoms with Crippen LogP contribution in [-0.2, 0) is 31.6 Å². The molecule has 1 aliphatic carbocycles. The molecule has 4 saturated heterocycles. The highest BCUT2D eigenvalue weighted by Crippen LogP contribution is 2.62. The number of amides is 4. The topological polar surface area (TPSA) is 153 Å². The molecule has 4 N–H and O–H groups in total. The van der Waals surface area contributed by atoms with Crippen molar-refractivity contribution in [2.24, 2.45) is 7.05 Å². The molecule has 6 heterocycles. The number of piperidine rings is 2. The van der Waals surface area contributed by atoms with Crippen molar-refractivity contribution in [2.45, 2.75) is 92.8 Å². The lowest BCUT2D eigenvalue weighted by Crippen LogP contribution is -2.60. The Balaban J connectivity index is 0.776. The van der Waals surface area contributed by atoms with Gasteiger partial charge in [0.05, 0.1) is 22.1 Å². The zero-order valence-electron chi connectivity index (χ0n) is 35.9. The first-order chi connectivity index (χ1) is 30.9. The summed E-state index contributed by atoms with van der Waals surface area (Å²) in [6.07, 6.45) is 6.15. The summed E-state index contributed by atoms with van der Waals surface area (Å²) in [4.78, 5) is 74.3. The molecule has 0 radical (unpaired) electrons. The van der Waals surface area contributed by atoms with Crippen LogP contribution in [0.2, 0.25) is 10.0 Å². The van der Waals surface area contributed by atoms with Crippen LogP contribution in [0.15, 0.2) is 59.4 Å². The number of imidazole rings is 1. The monoisotopic (exact) mass is 913 g/mol. The standard InChI is InChI=1S/C47H54Cl2FN9O5/c1-55-37-27-30(9-11-35(37)59(45(55)64)36-12-13-38(60)53-42(36)61)58-24-22-57(23-25-58)21-20-56-18-14-29(15-19-56)51-43(62)41-39(31-6-5-7-33(49)40(31)50)47(46(54-41)16-3-2-4-17-46)32-10-8-28(48)26-34(32)52-44(47)63/h5-11,26-27,29,36,39,41,54H,2-4,12-25H2,1H3,(H,51,62)(H,52,63)(H,53,60,61)/t36?,39-,41+,47+/m0/s1. The van der Waals surface area contributed by atoms with Crippen molar-refractivity contribution in [3.8, 4) is 0 Å². The highest BCUT2D eigenvalue weighted by atomic mass is 35.5. The number of nitrogens with one attached hydrogen (secondary N) is 4. The minimum absolute atomic E-state index is 0.0483. The second kappa shape index (κ2) is 16.9. The van der Waals surface area contributed by atoms with Gasteiger partial charge in [-0.3, -0.25) is 43.8 Å². The third-order valence-corrected chi connectivity index (χ3v) is 15.8. The van der Waals surface area contributed by atoms with Crippen molar-refractivity contribution >= 4 is 69.2 Å². The van der Waals surface area contributed by atoms with Gasteiger partial charge in [-0.2, -0.15) is 0 Å². The second-order valence-electron chi connectivity index (χ2n) is 18.6. The lowest BCUT2D eigenvalue weighted by Gasteiger charge is -2.47. The average Bonchev–Trinajstić information content (AvgIpc) is 3.84. The summed E-state index contributed by atoms with van der Waals surface area (Å²) in [6.45, 7) is 6.94. The lowest BCUT2D eigenvalue weighted by molar-refractivity contribution is -0.136. The Bertz CT molecular complexity index is 2600. The molecule has 1 unspecified atom stereocenters. The van der Waals surface area contributed by atoms with Crippen LogP contribution in [-0.4, -0.2) is 113 Å². The molecule has 2 spiro atoms. The number of piperazine rings is 1. The molecule has 5 fully saturated rings. The molecule has 64 heavy (non-hydrogen) atoms. The number of rotatable bonds is 8. The van der Waals surface area contributed by atoms with Gasteiger partial charge in [0.1, 0.15) is 17.3 Å². The number of nitrogens with zero attached hydrogens (tertiary/aromatic N) is 5. The molecule has 17 heteroatoms. The van der Waals surface area contributed by atoms with E-state index >= 15 is 4.39 Å². The minimum Gasteiger partial charge on any atom is -0.369 e. The number of halogens is 3. The fourth-order valence-corrected chi connectivity index (χ4v) is 12.5. The van der Waals surface area contributed by atoms with Crippen LogP contribution < -0.4 is 31.9 Å². The van der Waals surface area contributed by atoms with Crippen molar-refractivity contribution in [3.05, 3.63) is 92.1 Å². The summed E-state index contributed by atoms with van der Waals surface area (Å²) in [5.74, 6) is -2.71. The van der Waals surface area contributed by atoms with Gasteiger partial charge in [0.25, 0.3) is 0 Å². The van der Waals surface area contributed by atoms with E-state index in [-0.39, 0.29) is 46.5 Å². The number of hydrogen-bond acceptors (Lipinski definition) is 9. The lowest BCUT2D eigenvalue weighted by atomic mass is 9.55. The van der Waals surface area contributed by atoms with Crippen LogP contribution in [0.5, 0.6) is 0 Å². The fraction of sp³-hybridized carbons (Fsp3) is 0.511. The van der Waals surface area contributed by atoms with Gasteiger partial charge in [-0.1, -0.05) is 60.7 Å². The molecule has 4 atom stereocenters. The number of carbonyl (C=O) groups excluding carboxylic acids is 4. The number of fused-ring (bicyclic) bond motifs is 4. The predicted molar refractivity (Wildman–Crippen MR) is 244 cm³/mol. The molecule has 4 aromatic rings. The third kappa shape index (κ3) is 7.13. The Hall–Kier alpha value is -4.80. The second-order valence-corrected chi connectivity index (χ2v) is 19.5. The first-order valence-corrected chi connectivity index (χ1v) is 23.5. The fourth-order valence-electron chi connectivity index (χ4n) is 12.1. The van der Waals surface area contributed by atoms with Gasteiger partial charge < -0.3 is 20.4 Å². The van der Waals surface area contributed by atoms with E-state index < -0.39 is 40.7 Å². The van der Waals surface area contributed by atoms with Crippen molar-refractivity contribution in [3.63, 3.8) is 0 Å². The van der Waals surface area contributed by atoms with Gasteiger partial charge in [0.15, 0.2) is 0 Å². The van der Waals surface area contributed by atoms with Gasteiger partial charge in [0.2, 0.25) is 23.6 Å². The van der Waals surface area contributed by atoms with Crippen LogP contribution in [0, 0.1) is 5.82 Å². The first kappa shape index (κ1) is 43.1. The van der Waals surface area contributed by atoms with Gasteiger partial charge in [0, 0.05) is 99.7 Å². The maximum atomic E-state index is 16.3. The number of aryl methyl sites for hydroxylation is 1. The summed E-state index contributed by atoms with van der Waals surface area (Å²) in [5.41, 5.74) is 1.70. The molecule has 1 saturated carbocycles. The van der Waals surface area contributed by atoms with E-state index in [2.05, 4.69) is 36.0 Å². The molecule has 5 aliphatic heterocycles. The molecular formula is C47H54Cl2FN9O5. The molecule has 14 nitrogen and oxygen atoms in total. The van der Waals surface area contributed by atoms with Crippen molar-refractivity contribution < 1.29 is 23.6 Å². The molecule has 4 amide bonds. The molecule has 0 bridgehead atoms. The van der Waals surface area contributed by atoms with Gasteiger partial charge in [-0.05, 0) is 79.6 Å². The van der Waals surface area contributed by atoms with E-state index in [4.69, 9.17) is 23.2 Å². The van der Waals surface area contributed by atoms with Crippen LogP contribution >= 0.6 is 23.2 Å². The van der Waals surface area contributed by atoms with E-state index in [9.17, 15) is 24.0 Å². The van der Waals surface area contributed by atoms with Crippen LogP contribution in [0.1, 0.15) is 80.9 Å². The molecule has 6 aliphatic rings. The van der Waals surface area contributed by atoms with E-state index in [1.54, 1.807) is 35.9 Å². The predicted octanol–water partition coefficient (Wildman–Crippen LogP) is 4.81. The normalized spacial score (nSPS) is 26.5. The van der Waals surface area contributed by atoms with E-state index in [1.165, 1.54) is 10.6 Å². The summed E-state index contributed by atoms with van der Waals surface area (Å²) < 4.78 is 19.4. The number of hydrogen-bond donors (Lipinski definition) is 4. The van der Waals surface area contributed by atoms with Crippen LogP contribution in [0.3, 0.4) is 0 Å². The Labute approximate surface area is 380 Å². The number of benzene rings is 3. The highest BCUT2D eigenvalue weighted by molar-refractivity contribution is 6.31. The van der Waals surface area contributed by atoms with Crippen molar-refractivity contribution in [1.82, 2.24) is 34.9 Å². The average molecular weight is 915 g/mol. The van der Waals surface area contributed by atoms with Gasteiger partial charge >= 0.3 is 5.69 Å². The van der Waals surface area contributed by atoms with Crippen LogP contribution in [0.4, 0.5) is 15.8 Å². The van der Waals surface area contributed by atoms with Crippen molar-refractivity contribution in [1.29, 1.82) is 0 Å². The highest BCUT2D eigenvalue weighted by Gasteiger charge is 2.72. The summed E-state index contributed by atoms with van der Waals surface area (Å²) in [7, 11) is 1.72. The maximum Gasteiger partial charge on any atom is 0.329 e. The van der Waals surface area contributed by atoms with E-state index in [0.717, 1.165) is 101 Å². The smallest absolute Gasteiger partial charge is 0.329 e. The SMILES string of the molecule is Cn1c(=O)n(C2CCC(=O)NC2=O)c2ccc(N3CCN(CCN4CCC(NC(=O)[C@@H]5NC6(CCCCC6)[C@@]6(C(=O)Nc7cc(Cl)ccc76)[C@H]5c5cccc(Cl)c5F)CC4)CC3)cc21. The largest absolute Gasteiger partial charge is 0.369 e. The first-order valence-electron chi connectivity index (χ1n) is 22.8. The molecule has 1 aromatic heterocycles. The molecule has 10 rings (SSSR count). The Morgan fingerprint density at radius 1 is 0.844 bits per heavy atom. The number of anilines is 2. The van der Waals surface area contributed by atoms with Gasteiger partial charge in [-0.25, -0.2) is 9.18 Å². The Kier molecular flexibility index (Phi) is 11.4. The number of aromatic nitrogens is 2. The zero-order valence-corrected chi connectivity index (χ0v) is 37.4. The number of imide groups is 1. The van der Waals surface area contributed by atoms with E-state index in [1.807, 2.05) is 24.3 Å². The summed E-state index contributed by atoms with van der Waals surface area (Å²) in [5, 5.41) is 13.0. The maximum absolute atomic E-state index is 16.3. The number of carbonyl (C=O) groups is 4. The summed E-state index contributed by atoms with van der Waals surface area (Å²) >= 11 is 12.9.